The van der Waals surface area contributed by atoms with Crippen molar-refractivity contribution in [2.24, 2.45) is 0 Å². The van der Waals surface area contributed by atoms with E-state index in [1.807, 2.05) is 30.3 Å². The van der Waals surface area contributed by atoms with Crippen molar-refractivity contribution in [2.75, 3.05) is 5.43 Å². The van der Waals surface area contributed by atoms with Crippen molar-refractivity contribution in [3.05, 3.63) is 30.3 Å². The third-order valence-corrected chi connectivity index (χ3v) is 0.918. The standard InChI is InChI=1S/C6H7N2/c7-8-6-4-2-1-3-5-6/h1-5,7-8H. The van der Waals surface area contributed by atoms with E-state index in [9.17, 15) is 0 Å². The summed E-state index contributed by atoms with van der Waals surface area (Å²) in [6.45, 7) is 0. The second kappa shape index (κ2) is 2.33. The fourth-order valence-corrected chi connectivity index (χ4v) is 0.521. The van der Waals surface area contributed by atoms with Crippen LogP contribution >= 0.6 is 0 Å². The molecule has 2 heteroatoms. The molecule has 1 rings (SSSR count). The van der Waals surface area contributed by atoms with Gasteiger partial charge in [-0.2, -0.15) is 5.84 Å². The molecule has 8 heavy (non-hydrogen) atoms. The van der Waals surface area contributed by atoms with Crippen LogP contribution in [0.15, 0.2) is 30.3 Å². The number of hydrogen-bond acceptors (Lipinski definition) is 1. The third kappa shape index (κ3) is 0.978. The second-order valence-electron chi connectivity index (χ2n) is 1.49. The number of nitrogens with one attached hydrogen (secondary N) is 2. The molecule has 0 bridgehead atoms. The van der Waals surface area contributed by atoms with Crippen molar-refractivity contribution in [3.8, 4) is 0 Å². The molecule has 0 amide bonds. The van der Waals surface area contributed by atoms with Gasteiger partial charge in [0.2, 0.25) is 0 Å². The molecule has 0 saturated heterocycles. The van der Waals surface area contributed by atoms with Crippen molar-refractivity contribution < 1.29 is 0 Å². The van der Waals surface area contributed by atoms with Crippen LogP contribution in [-0.4, -0.2) is 0 Å². The minimum atomic E-state index is 0.826. The average Bonchev–Trinajstić information content (AvgIpc) is 1.90. The Hall–Kier alpha value is -1.02. The van der Waals surface area contributed by atoms with Gasteiger partial charge in [-0.25, -0.2) is 0 Å². The van der Waals surface area contributed by atoms with Crippen LogP contribution in [0.3, 0.4) is 0 Å². The third-order valence-electron chi connectivity index (χ3n) is 0.918. The summed E-state index contributed by atoms with van der Waals surface area (Å²) in [6, 6.07) is 9.37. The van der Waals surface area contributed by atoms with E-state index in [4.69, 9.17) is 5.84 Å². The maximum Gasteiger partial charge on any atom is 0.0501 e. The Labute approximate surface area is 48.3 Å². The monoisotopic (exact) mass is 107 g/mol. The first-order valence-corrected chi connectivity index (χ1v) is 2.41. The fourth-order valence-electron chi connectivity index (χ4n) is 0.521. The van der Waals surface area contributed by atoms with E-state index >= 15 is 0 Å². The lowest BCUT2D eigenvalue weighted by atomic mass is 10.3. The molecule has 1 radical (unpaired) electrons. The highest BCUT2D eigenvalue weighted by molar-refractivity contribution is 5.40. The fraction of sp³-hybridized carbons (Fsp3) is 0. The van der Waals surface area contributed by atoms with E-state index in [1.165, 1.54) is 0 Å². The number of para-hydroxylation sites is 1. The number of rotatable bonds is 1. The summed E-state index contributed by atoms with van der Waals surface area (Å²) in [5.41, 5.74) is 3.10. The SMILES string of the molecule is [NH]Nc1ccccc1. The molecule has 0 aliphatic rings. The van der Waals surface area contributed by atoms with Crippen molar-refractivity contribution in [2.45, 2.75) is 0 Å². The van der Waals surface area contributed by atoms with Gasteiger partial charge in [-0.15, -0.1) is 0 Å². The van der Waals surface area contributed by atoms with Gasteiger partial charge in [-0.05, 0) is 12.1 Å². The molecule has 0 fully saturated rings. The topological polar surface area (TPSA) is 35.8 Å². The van der Waals surface area contributed by atoms with Crippen LogP contribution in [0.2, 0.25) is 0 Å². The lowest BCUT2D eigenvalue weighted by Crippen LogP contribution is -1.89. The first-order valence-electron chi connectivity index (χ1n) is 2.41. The van der Waals surface area contributed by atoms with Gasteiger partial charge in [0.1, 0.15) is 0 Å². The molecule has 1 aromatic rings. The number of hydrogen-bond donors (Lipinski definition) is 1. The second-order valence-corrected chi connectivity index (χ2v) is 1.49. The quantitative estimate of drug-likeness (QED) is 0.539. The molecule has 2 N–H and O–H groups in total. The van der Waals surface area contributed by atoms with Crippen LogP contribution in [0.4, 0.5) is 5.69 Å². The molecule has 2 nitrogen and oxygen atoms in total. The van der Waals surface area contributed by atoms with Crippen LogP contribution in [-0.2, 0) is 0 Å². The minimum Gasteiger partial charge on any atom is -0.307 e. The Morgan fingerprint density at radius 1 is 1.12 bits per heavy atom. The van der Waals surface area contributed by atoms with Gasteiger partial charge in [-0.3, -0.25) is 0 Å². The number of anilines is 1. The van der Waals surface area contributed by atoms with Crippen LogP contribution in [0.5, 0.6) is 0 Å². The maximum atomic E-state index is 6.69. The van der Waals surface area contributed by atoms with E-state index in [0.717, 1.165) is 5.69 Å². The van der Waals surface area contributed by atoms with Crippen LogP contribution in [0, 0.1) is 0 Å². The van der Waals surface area contributed by atoms with Crippen LogP contribution < -0.4 is 11.3 Å². The Kier molecular flexibility index (Phi) is 1.49. The highest BCUT2D eigenvalue weighted by atomic mass is 15.2. The first-order chi connectivity index (χ1) is 3.93. The van der Waals surface area contributed by atoms with E-state index in [-0.39, 0.29) is 0 Å². The minimum absolute atomic E-state index is 0.826. The predicted molar refractivity (Wildman–Crippen MR) is 33.2 cm³/mol. The maximum absolute atomic E-state index is 6.69. The van der Waals surface area contributed by atoms with E-state index < -0.39 is 0 Å². The molecule has 0 spiro atoms. The molecule has 0 aromatic heterocycles. The van der Waals surface area contributed by atoms with Crippen molar-refractivity contribution >= 4 is 5.69 Å². The molecule has 0 aliphatic carbocycles. The average molecular weight is 107 g/mol. The summed E-state index contributed by atoms with van der Waals surface area (Å²) >= 11 is 0. The molecule has 0 unspecified atom stereocenters. The Balaban J connectivity index is 2.83. The Morgan fingerprint density at radius 3 is 2.12 bits per heavy atom. The molecular weight excluding hydrogens is 100 g/mol. The molecular formula is C6H7N2. The highest BCUT2D eigenvalue weighted by Gasteiger charge is 1.78. The van der Waals surface area contributed by atoms with Gasteiger partial charge in [0.05, 0.1) is 5.69 Å². The molecule has 41 valence electrons. The Bertz CT molecular complexity index is 148. The van der Waals surface area contributed by atoms with Gasteiger partial charge >= 0.3 is 0 Å². The smallest absolute Gasteiger partial charge is 0.0501 e. The summed E-state index contributed by atoms with van der Waals surface area (Å²) in [4.78, 5) is 0. The summed E-state index contributed by atoms with van der Waals surface area (Å²) in [7, 11) is 0. The van der Waals surface area contributed by atoms with Crippen LogP contribution in [0.1, 0.15) is 0 Å². The van der Waals surface area contributed by atoms with Crippen molar-refractivity contribution in [1.82, 2.24) is 5.84 Å². The van der Waals surface area contributed by atoms with Crippen LogP contribution in [0.25, 0.3) is 0 Å². The zero-order chi connectivity index (χ0) is 5.82. The van der Waals surface area contributed by atoms with E-state index in [0.29, 0.717) is 0 Å². The summed E-state index contributed by atoms with van der Waals surface area (Å²) < 4.78 is 0. The number of benzene rings is 1. The predicted octanol–water partition coefficient (Wildman–Crippen LogP) is 1.30. The molecule has 0 heterocycles. The van der Waals surface area contributed by atoms with E-state index in [1.54, 1.807) is 0 Å². The van der Waals surface area contributed by atoms with Gasteiger partial charge in [-0.1, -0.05) is 18.2 Å². The molecule has 0 saturated carbocycles. The summed E-state index contributed by atoms with van der Waals surface area (Å²) in [6.07, 6.45) is 0. The lowest BCUT2D eigenvalue weighted by Gasteiger charge is -1.92. The molecule has 1 aromatic carbocycles. The van der Waals surface area contributed by atoms with Gasteiger partial charge in [0.15, 0.2) is 0 Å². The van der Waals surface area contributed by atoms with Gasteiger partial charge in [0, 0.05) is 0 Å². The first kappa shape index (κ1) is 5.12. The lowest BCUT2D eigenvalue weighted by molar-refractivity contribution is 1.29. The zero-order valence-corrected chi connectivity index (χ0v) is 4.39. The van der Waals surface area contributed by atoms with Crippen molar-refractivity contribution in [3.63, 3.8) is 0 Å². The van der Waals surface area contributed by atoms with Gasteiger partial charge in [0.25, 0.3) is 0 Å². The largest absolute Gasteiger partial charge is 0.307 e. The summed E-state index contributed by atoms with van der Waals surface area (Å²) in [5, 5.41) is 0. The zero-order valence-electron chi connectivity index (χ0n) is 4.39. The highest BCUT2D eigenvalue weighted by Crippen LogP contribution is 2.01. The van der Waals surface area contributed by atoms with Crippen molar-refractivity contribution in [1.29, 1.82) is 0 Å². The Morgan fingerprint density at radius 2 is 1.75 bits per heavy atom. The summed E-state index contributed by atoms with van der Waals surface area (Å²) in [5.74, 6) is 6.69. The normalized spacial score (nSPS) is 8.62. The molecule has 0 atom stereocenters. The van der Waals surface area contributed by atoms with Gasteiger partial charge < -0.3 is 5.43 Å². The van der Waals surface area contributed by atoms with E-state index in [2.05, 4.69) is 5.43 Å². The molecule has 0 aliphatic heterocycles.